The quantitative estimate of drug-likeness (QED) is 0.663. The highest BCUT2D eigenvalue weighted by Gasteiger charge is 2.22. The molecule has 0 aliphatic rings. The average Bonchev–Trinajstić information content (AvgIpc) is 2.43. The molecule has 1 aromatic rings. The highest BCUT2D eigenvalue weighted by molar-refractivity contribution is 6.00. The lowest BCUT2D eigenvalue weighted by Gasteiger charge is -2.19. The van der Waals surface area contributed by atoms with E-state index in [1.165, 1.54) is 7.11 Å². The zero-order valence-electron chi connectivity index (χ0n) is 12.6. The number of amides is 1. The van der Waals surface area contributed by atoms with Gasteiger partial charge >= 0.3 is 5.97 Å². The molecule has 0 aliphatic carbocycles. The van der Waals surface area contributed by atoms with E-state index in [-0.39, 0.29) is 23.8 Å². The maximum absolute atomic E-state index is 12.0. The third-order valence-corrected chi connectivity index (χ3v) is 2.69. The van der Waals surface area contributed by atoms with E-state index in [1.807, 2.05) is 0 Å². The van der Waals surface area contributed by atoms with E-state index in [4.69, 9.17) is 4.74 Å². The summed E-state index contributed by atoms with van der Waals surface area (Å²) in [4.78, 5) is 34.3. The summed E-state index contributed by atoms with van der Waals surface area (Å²) >= 11 is 0. The minimum absolute atomic E-state index is 0.180. The Balaban J connectivity index is 2.98. The van der Waals surface area contributed by atoms with Crippen molar-refractivity contribution in [2.45, 2.75) is 20.8 Å². The van der Waals surface area contributed by atoms with Gasteiger partial charge in [0.2, 0.25) is 5.91 Å². The molecule has 0 fully saturated rings. The summed E-state index contributed by atoms with van der Waals surface area (Å²) < 4.78 is 9.69. The molecule has 1 N–H and O–H groups in total. The van der Waals surface area contributed by atoms with Gasteiger partial charge in [-0.25, -0.2) is 4.79 Å². The van der Waals surface area contributed by atoms with E-state index in [9.17, 15) is 14.4 Å². The van der Waals surface area contributed by atoms with Crippen molar-refractivity contribution in [1.29, 1.82) is 0 Å². The molecule has 0 saturated carbocycles. The van der Waals surface area contributed by atoms with Crippen molar-refractivity contribution in [2.75, 3.05) is 19.0 Å². The minimum Gasteiger partial charge on any atom is -0.481 e. The first-order chi connectivity index (χ1) is 9.79. The molecule has 0 aliphatic heterocycles. The molecule has 0 bridgehead atoms. The molecule has 0 heterocycles. The topological polar surface area (TPSA) is 81.7 Å². The number of hydrogen-bond acceptors (Lipinski definition) is 5. The van der Waals surface area contributed by atoms with Gasteiger partial charge in [0, 0.05) is 5.41 Å². The fraction of sp³-hybridized carbons (Fsp3) is 0.400. The second kappa shape index (κ2) is 6.88. The van der Waals surface area contributed by atoms with E-state index >= 15 is 0 Å². The third-order valence-electron chi connectivity index (χ3n) is 2.69. The average molecular weight is 293 g/mol. The molecule has 1 rings (SSSR count). The zero-order chi connectivity index (χ0) is 16.0. The normalized spacial score (nSPS) is 10.7. The van der Waals surface area contributed by atoms with Crippen LogP contribution in [0.25, 0.3) is 0 Å². The van der Waals surface area contributed by atoms with Crippen molar-refractivity contribution in [3.05, 3.63) is 23.8 Å². The number of ether oxygens (including phenoxy) is 2. The fourth-order valence-corrected chi connectivity index (χ4v) is 1.41. The molecule has 0 radical (unpaired) electrons. The Morgan fingerprint density at radius 3 is 2.48 bits per heavy atom. The predicted molar refractivity (Wildman–Crippen MR) is 77.4 cm³/mol. The predicted octanol–water partition coefficient (Wildman–Crippen LogP) is 2.04. The summed E-state index contributed by atoms with van der Waals surface area (Å²) in [5.74, 6) is -0.575. The maximum atomic E-state index is 12.0. The van der Waals surface area contributed by atoms with Crippen LogP contribution in [-0.2, 0) is 14.3 Å². The maximum Gasteiger partial charge on any atom is 0.343 e. The molecule has 114 valence electrons. The van der Waals surface area contributed by atoms with E-state index < -0.39 is 11.4 Å². The van der Waals surface area contributed by atoms with Crippen LogP contribution < -0.4 is 10.1 Å². The Morgan fingerprint density at radius 1 is 1.29 bits per heavy atom. The number of carbonyl (C=O) groups excluding carboxylic acids is 3. The van der Waals surface area contributed by atoms with Gasteiger partial charge in [-0.15, -0.1) is 0 Å². The zero-order valence-corrected chi connectivity index (χ0v) is 12.6. The van der Waals surface area contributed by atoms with Crippen molar-refractivity contribution >= 4 is 23.9 Å². The molecule has 1 amide bonds. The van der Waals surface area contributed by atoms with Crippen LogP contribution in [0.5, 0.6) is 5.75 Å². The van der Waals surface area contributed by atoms with Gasteiger partial charge in [-0.2, -0.15) is 0 Å². The molecular weight excluding hydrogens is 274 g/mol. The van der Waals surface area contributed by atoms with Crippen LogP contribution >= 0.6 is 0 Å². The Hall–Kier alpha value is -2.37. The summed E-state index contributed by atoms with van der Waals surface area (Å²) in [5.41, 5.74) is -0.0745. The van der Waals surface area contributed by atoms with Crippen LogP contribution in [0.4, 0.5) is 5.69 Å². The Morgan fingerprint density at radius 2 is 1.95 bits per heavy atom. The van der Waals surface area contributed by atoms with Crippen LogP contribution in [0.3, 0.4) is 0 Å². The van der Waals surface area contributed by atoms with E-state index in [0.29, 0.717) is 12.0 Å². The molecule has 0 atom stereocenters. The van der Waals surface area contributed by atoms with Gasteiger partial charge in [0.25, 0.3) is 0 Å². The summed E-state index contributed by atoms with van der Waals surface area (Å²) in [6.07, 6.45) is 0.574. The highest BCUT2D eigenvalue weighted by Crippen LogP contribution is 2.26. The first kappa shape index (κ1) is 16.7. The van der Waals surface area contributed by atoms with Gasteiger partial charge in [-0.05, 0) is 12.1 Å². The van der Waals surface area contributed by atoms with Gasteiger partial charge < -0.3 is 14.8 Å². The van der Waals surface area contributed by atoms with Crippen molar-refractivity contribution in [1.82, 2.24) is 0 Å². The fourth-order valence-electron chi connectivity index (χ4n) is 1.41. The van der Waals surface area contributed by atoms with E-state index in [2.05, 4.69) is 10.1 Å². The lowest BCUT2D eigenvalue weighted by atomic mass is 9.95. The standard InChI is InChI=1S/C15H19NO5/c1-15(2,3)14(19)16-11-6-5-7-12(10(11)8-17)21-9-13(18)20-4/h5-8H,9H2,1-4H3,(H,16,19). The number of hydrogen-bond donors (Lipinski definition) is 1. The van der Waals surface area contributed by atoms with Gasteiger partial charge in [0.1, 0.15) is 5.75 Å². The van der Waals surface area contributed by atoms with Crippen molar-refractivity contribution in [2.24, 2.45) is 5.41 Å². The summed E-state index contributed by atoms with van der Waals surface area (Å²) in [6, 6.07) is 4.76. The molecule has 6 heteroatoms. The van der Waals surface area contributed by atoms with E-state index in [1.54, 1.807) is 39.0 Å². The molecule has 1 aromatic carbocycles. The molecule has 0 unspecified atom stereocenters. The van der Waals surface area contributed by atoms with Gasteiger partial charge in [-0.3, -0.25) is 9.59 Å². The molecule has 6 nitrogen and oxygen atoms in total. The smallest absolute Gasteiger partial charge is 0.343 e. The van der Waals surface area contributed by atoms with Crippen LogP contribution in [0.15, 0.2) is 18.2 Å². The Bertz CT molecular complexity index is 545. The van der Waals surface area contributed by atoms with Gasteiger partial charge in [0.05, 0.1) is 18.4 Å². The second-order valence-electron chi connectivity index (χ2n) is 5.40. The number of methoxy groups -OCH3 is 1. The molecule has 0 aromatic heterocycles. The molecular formula is C15H19NO5. The summed E-state index contributed by atoms with van der Waals surface area (Å²) in [5, 5.41) is 2.68. The minimum atomic E-state index is -0.594. The Labute approximate surface area is 123 Å². The summed E-state index contributed by atoms with van der Waals surface area (Å²) in [6.45, 7) is 4.98. The highest BCUT2D eigenvalue weighted by atomic mass is 16.6. The van der Waals surface area contributed by atoms with Crippen LogP contribution in [0, 0.1) is 5.41 Å². The lowest BCUT2D eigenvalue weighted by molar-refractivity contribution is -0.142. The third kappa shape index (κ3) is 4.59. The van der Waals surface area contributed by atoms with E-state index in [0.717, 1.165) is 0 Å². The first-order valence-corrected chi connectivity index (χ1v) is 6.39. The van der Waals surface area contributed by atoms with Gasteiger partial charge in [-0.1, -0.05) is 26.8 Å². The second-order valence-corrected chi connectivity index (χ2v) is 5.40. The SMILES string of the molecule is COC(=O)COc1cccc(NC(=O)C(C)(C)C)c1C=O. The number of aldehydes is 1. The summed E-state index contributed by atoms with van der Waals surface area (Å²) in [7, 11) is 1.24. The van der Waals surface area contributed by atoms with Crippen molar-refractivity contribution in [3.8, 4) is 5.75 Å². The number of nitrogens with one attached hydrogen (secondary N) is 1. The van der Waals surface area contributed by atoms with Crippen LogP contribution in [0.2, 0.25) is 0 Å². The molecule has 0 saturated heterocycles. The van der Waals surface area contributed by atoms with Crippen molar-refractivity contribution in [3.63, 3.8) is 0 Å². The van der Waals surface area contributed by atoms with Crippen molar-refractivity contribution < 1.29 is 23.9 Å². The van der Waals surface area contributed by atoms with Crippen LogP contribution in [0.1, 0.15) is 31.1 Å². The number of anilines is 1. The Kier molecular flexibility index (Phi) is 5.46. The number of rotatable bonds is 5. The molecule has 21 heavy (non-hydrogen) atoms. The number of benzene rings is 1. The number of esters is 1. The van der Waals surface area contributed by atoms with Gasteiger partial charge in [0.15, 0.2) is 12.9 Å². The first-order valence-electron chi connectivity index (χ1n) is 6.39. The number of carbonyl (C=O) groups is 3. The largest absolute Gasteiger partial charge is 0.481 e. The van der Waals surface area contributed by atoms with Crippen LogP contribution in [-0.4, -0.2) is 31.9 Å². The lowest BCUT2D eigenvalue weighted by Crippen LogP contribution is -2.28. The molecule has 0 spiro atoms. The monoisotopic (exact) mass is 293 g/mol.